The molecule has 3 amide bonds. The molecule has 1 fully saturated rings. The van der Waals surface area contributed by atoms with E-state index in [1.165, 1.54) is 29.2 Å². The number of nitrogens with one attached hydrogen (secondary N) is 2. The highest BCUT2D eigenvalue weighted by Gasteiger charge is 2.37. The molecule has 0 unspecified atom stereocenters. The lowest BCUT2D eigenvalue weighted by atomic mass is 10.0. The van der Waals surface area contributed by atoms with E-state index in [1.807, 2.05) is 0 Å². The number of alkyl carbamates (subject to hydrolysis) is 1. The van der Waals surface area contributed by atoms with Gasteiger partial charge in [-0.2, -0.15) is 0 Å². The van der Waals surface area contributed by atoms with Crippen molar-refractivity contribution in [1.29, 1.82) is 0 Å². The number of hydrogen-bond donors (Lipinski definition) is 3. The number of carbonyl (C=O) groups is 3. The van der Waals surface area contributed by atoms with Crippen molar-refractivity contribution in [2.45, 2.75) is 57.7 Å². The highest BCUT2D eigenvalue weighted by Crippen LogP contribution is 2.29. The zero-order chi connectivity index (χ0) is 28.3. The number of primary amides is 1. The van der Waals surface area contributed by atoms with E-state index in [2.05, 4.69) is 10.3 Å². The number of benzene rings is 2. The van der Waals surface area contributed by atoms with Crippen LogP contribution in [0.25, 0.3) is 10.9 Å². The maximum atomic E-state index is 13.6. The lowest BCUT2D eigenvalue weighted by molar-refractivity contribution is -0.384. The smallest absolute Gasteiger partial charge is 0.408 e. The summed E-state index contributed by atoms with van der Waals surface area (Å²) in [6.07, 6.45) is 2.21. The topological polar surface area (TPSA) is 170 Å². The number of aromatic nitrogens is 1. The van der Waals surface area contributed by atoms with E-state index in [-0.39, 0.29) is 12.1 Å². The van der Waals surface area contributed by atoms with Gasteiger partial charge in [-0.05, 0) is 69.5 Å². The van der Waals surface area contributed by atoms with Gasteiger partial charge in [-0.15, -0.1) is 0 Å². The molecule has 4 N–H and O–H groups in total. The maximum Gasteiger partial charge on any atom is 0.408 e. The number of fused-ring (bicyclic) bond motifs is 1. The van der Waals surface area contributed by atoms with Crippen molar-refractivity contribution in [3.8, 4) is 11.5 Å². The van der Waals surface area contributed by atoms with Gasteiger partial charge in [0.25, 0.3) is 5.69 Å². The third kappa shape index (κ3) is 6.64. The second-order valence-electron chi connectivity index (χ2n) is 10.4. The second-order valence-corrected chi connectivity index (χ2v) is 10.4. The Balaban J connectivity index is 1.60. The summed E-state index contributed by atoms with van der Waals surface area (Å²) in [4.78, 5) is 53.2. The quantitative estimate of drug-likeness (QED) is 0.290. The molecule has 1 saturated heterocycles. The first kappa shape index (κ1) is 27.4. The van der Waals surface area contributed by atoms with Gasteiger partial charge in [0, 0.05) is 42.2 Å². The van der Waals surface area contributed by atoms with E-state index in [0.29, 0.717) is 30.9 Å². The number of nitro groups is 1. The number of rotatable bonds is 8. The molecule has 0 radical (unpaired) electrons. The van der Waals surface area contributed by atoms with E-state index >= 15 is 0 Å². The second kappa shape index (κ2) is 11.0. The van der Waals surface area contributed by atoms with Gasteiger partial charge in [-0.3, -0.25) is 19.7 Å². The molecule has 0 spiro atoms. The molecule has 1 aliphatic heterocycles. The Morgan fingerprint density at radius 3 is 2.51 bits per heavy atom. The number of non-ortho nitro benzene ring substituents is 1. The zero-order valence-corrected chi connectivity index (χ0v) is 21.9. The Labute approximate surface area is 224 Å². The molecular formula is C27H31N5O7. The Hall–Kier alpha value is -4.61. The number of nitro benzene ring substituents is 1. The molecule has 2 heterocycles. The number of aromatic amines is 1. The van der Waals surface area contributed by atoms with Crippen molar-refractivity contribution in [3.05, 3.63) is 64.3 Å². The summed E-state index contributed by atoms with van der Waals surface area (Å²) < 4.78 is 11.3. The minimum atomic E-state index is -1.02. The molecule has 2 atom stereocenters. The lowest BCUT2D eigenvalue weighted by Crippen LogP contribution is -2.54. The first-order valence-electron chi connectivity index (χ1n) is 12.5. The van der Waals surface area contributed by atoms with Crippen LogP contribution in [0.2, 0.25) is 0 Å². The largest absolute Gasteiger partial charge is 0.457 e. The van der Waals surface area contributed by atoms with Crippen LogP contribution in [0.15, 0.2) is 48.7 Å². The van der Waals surface area contributed by atoms with E-state index in [1.54, 1.807) is 45.2 Å². The maximum absolute atomic E-state index is 13.6. The highest BCUT2D eigenvalue weighted by molar-refractivity contribution is 5.92. The van der Waals surface area contributed by atoms with Gasteiger partial charge in [0.2, 0.25) is 11.8 Å². The predicted octanol–water partition coefficient (Wildman–Crippen LogP) is 3.78. The number of amides is 3. The first-order valence-corrected chi connectivity index (χ1v) is 12.5. The van der Waals surface area contributed by atoms with Crippen LogP contribution in [0, 0.1) is 10.1 Å². The molecule has 1 aliphatic rings. The number of hydrogen-bond acceptors (Lipinski definition) is 7. The number of ether oxygens (including phenoxy) is 2. The summed E-state index contributed by atoms with van der Waals surface area (Å²) in [5.74, 6) is -0.108. The Morgan fingerprint density at radius 1 is 1.18 bits per heavy atom. The normalized spacial score (nSPS) is 16.1. The van der Waals surface area contributed by atoms with Crippen LogP contribution in [0.4, 0.5) is 10.5 Å². The molecule has 4 rings (SSSR count). The molecule has 206 valence electrons. The third-order valence-electron chi connectivity index (χ3n) is 6.30. The minimum Gasteiger partial charge on any atom is -0.457 e. The summed E-state index contributed by atoms with van der Waals surface area (Å²) in [6.45, 7) is 5.53. The molecule has 0 bridgehead atoms. The van der Waals surface area contributed by atoms with Crippen molar-refractivity contribution in [2.75, 3.05) is 6.54 Å². The molecule has 0 saturated carbocycles. The van der Waals surface area contributed by atoms with E-state index in [4.69, 9.17) is 15.2 Å². The Morgan fingerprint density at radius 2 is 1.87 bits per heavy atom. The molecule has 1 aromatic heterocycles. The highest BCUT2D eigenvalue weighted by atomic mass is 16.6. The number of carbonyl (C=O) groups excluding carboxylic acids is 3. The van der Waals surface area contributed by atoms with E-state index < -0.39 is 40.5 Å². The van der Waals surface area contributed by atoms with Crippen molar-refractivity contribution in [2.24, 2.45) is 5.73 Å². The van der Waals surface area contributed by atoms with Crippen LogP contribution in [0.1, 0.15) is 39.2 Å². The fourth-order valence-corrected chi connectivity index (χ4v) is 4.56. The number of H-pyrrole nitrogens is 1. The molecule has 39 heavy (non-hydrogen) atoms. The van der Waals surface area contributed by atoms with Gasteiger partial charge >= 0.3 is 6.09 Å². The summed E-state index contributed by atoms with van der Waals surface area (Å²) in [6, 6.07) is 9.30. The Bertz CT molecular complexity index is 1390. The van der Waals surface area contributed by atoms with Crippen molar-refractivity contribution >= 4 is 34.5 Å². The average Bonchev–Trinajstić information content (AvgIpc) is 3.50. The van der Waals surface area contributed by atoms with Crippen molar-refractivity contribution in [1.82, 2.24) is 15.2 Å². The molecule has 12 heteroatoms. The fourth-order valence-electron chi connectivity index (χ4n) is 4.56. The molecule has 12 nitrogen and oxygen atoms in total. The van der Waals surface area contributed by atoms with Crippen LogP contribution in [0.3, 0.4) is 0 Å². The fraction of sp³-hybridized carbons (Fsp3) is 0.370. The van der Waals surface area contributed by atoms with Gasteiger partial charge in [0.15, 0.2) is 0 Å². The van der Waals surface area contributed by atoms with E-state index in [0.717, 1.165) is 16.5 Å². The molecular weight excluding hydrogens is 506 g/mol. The van der Waals surface area contributed by atoms with Gasteiger partial charge in [0.1, 0.15) is 29.2 Å². The molecule has 3 aromatic rings. The monoisotopic (exact) mass is 537 g/mol. The summed E-state index contributed by atoms with van der Waals surface area (Å²) in [5.41, 5.74) is 6.21. The third-order valence-corrected chi connectivity index (χ3v) is 6.30. The number of likely N-dealkylation sites (tertiary alicyclic amines) is 1. The van der Waals surface area contributed by atoms with Gasteiger partial charge in [0.05, 0.1) is 4.92 Å². The number of nitrogens with two attached hydrogens (primary N) is 1. The molecule has 0 aliphatic carbocycles. The van der Waals surface area contributed by atoms with E-state index in [9.17, 15) is 24.5 Å². The van der Waals surface area contributed by atoms with Crippen LogP contribution in [0.5, 0.6) is 11.5 Å². The van der Waals surface area contributed by atoms with Crippen molar-refractivity contribution in [3.63, 3.8) is 0 Å². The summed E-state index contributed by atoms with van der Waals surface area (Å²) >= 11 is 0. The molecule has 2 aromatic carbocycles. The van der Waals surface area contributed by atoms with Crippen LogP contribution >= 0.6 is 0 Å². The number of nitrogens with zero attached hydrogens (tertiary/aromatic N) is 2. The summed E-state index contributed by atoms with van der Waals surface area (Å²) in [7, 11) is 0. The standard InChI is InChI=1S/C27H31N5O7/c1-27(2,3)39-26(35)30-22(25(34)31-12-4-5-23(31)24(28)33)13-16-15-29-21-11-10-19(14-20(16)21)38-18-8-6-17(7-9-18)32(36)37/h6-11,14-15,22-23,29H,4-5,12-13H2,1-3H3,(H2,28,33)(H,30,35)/t22-,23-/m0/s1. The summed E-state index contributed by atoms with van der Waals surface area (Å²) in [5, 5.41) is 14.3. The van der Waals surface area contributed by atoms with Gasteiger partial charge < -0.3 is 30.4 Å². The van der Waals surface area contributed by atoms with Crippen LogP contribution < -0.4 is 15.8 Å². The van der Waals surface area contributed by atoms with Gasteiger partial charge in [-0.25, -0.2) is 4.79 Å². The Kier molecular flexibility index (Phi) is 7.75. The SMILES string of the molecule is CC(C)(C)OC(=O)N[C@@H](Cc1c[nH]c2ccc(Oc3ccc([N+](=O)[O-])cc3)cc12)C(=O)N1CCC[C@H]1C(N)=O. The zero-order valence-electron chi connectivity index (χ0n) is 21.9. The minimum absolute atomic E-state index is 0.0458. The first-order chi connectivity index (χ1) is 18.4. The lowest BCUT2D eigenvalue weighted by Gasteiger charge is -2.28. The van der Waals surface area contributed by atoms with Crippen LogP contribution in [-0.4, -0.2) is 56.9 Å². The average molecular weight is 538 g/mol. The van der Waals surface area contributed by atoms with Crippen molar-refractivity contribution < 1.29 is 28.8 Å². The van der Waals surface area contributed by atoms with Crippen LogP contribution in [-0.2, 0) is 20.7 Å². The van der Waals surface area contributed by atoms with Gasteiger partial charge in [-0.1, -0.05) is 0 Å². The predicted molar refractivity (Wildman–Crippen MR) is 142 cm³/mol.